The van der Waals surface area contributed by atoms with Crippen LogP contribution in [0.25, 0.3) is 0 Å². The molecule has 2 rings (SSSR count). The Labute approximate surface area is 140 Å². The van der Waals surface area contributed by atoms with Crippen LogP contribution in [0.5, 0.6) is 5.75 Å². The van der Waals surface area contributed by atoms with E-state index in [-0.39, 0.29) is 5.91 Å². The smallest absolute Gasteiger partial charge is 0.269 e. The minimum absolute atomic E-state index is 0.264. The highest BCUT2D eigenvalue weighted by atomic mass is 79.9. The van der Waals surface area contributed by atoms with Gasteiger partial charge in [-0.05, 0) is 66.2 Å². The molecule has 0 fully saturated rings. The standard InChI is InChI=1S/C15H14Br2N2O2/c1-15(2,21-12-6-3-10(16)4-7-12)14(20)19-13-8-5-11(17)9-18-13/h3-9H,1-2H3,(H,18,19,20). The highest BCUT2D eigenvalue weighted by Gasteiger charge is 2.30. The average Bonchev–Trinajstić information content (AvgIpc) is 2.43. The van der Waals surface area contributed by atoms with Crippen molar-refractivity contribution < 1.29 is 9.53 Å². The summed E-state index contributed by atoms with van der Waals surface area (Å²) in [5, 5.41) is 2.74. The van der Waals surface area contributed by atoms with Crippen LogP contribution in [0.1, 0.15) is 13.8 Å². The molecule has 1 amide bonds. The first-order valence-corrected chi connectivity index (χ1v) is 7.83. The predicted octanol–water partition coefficient (Wildman–Crippen LogP) is 4.40. The Kier molecular flexibility index (Phi) is 5.00. The first-order chi connectivity index (χ1) is 9.87. The summed E-state index contributed by atoms with van der Waals surface area (Å²) in [5.41, 5.74) is -1.01. The second-order valence-corrected chi connectivity index (χ2v) is 6.71. The number of hydrogen-bond donors (Lipinski definition) is 1. The quantitative estimate of drug-likeness (QED) is 0.807. The summed E-state index contributed by atoms with van der Waals surface area (Å²) in [7, 11) is 0. The van der Waals surface area contributed by atoms with Gasteiger partial charge in [-0.25, -0.2) is 4.98 Å². The summed E-state index contributed by atoms with van der Waals surface area (Å²) in [6.07, 6.45) is 1.62. The third kappa shape index (κ3) is 4.54. The monoisotopic (exact) mass is 412 g/mol. The fourth-order valence-electron chi connectivity index (χ4n) is 1.56. The highest BCUT2D eigenvalue weighted by molar-refractivity contribution is 9.10. The lowest BCUT2D eigenvalue weighted by Crippen LogP contribution is -2.42. The molecule has 0 unspecified atom stereocenters. The minimum atomic E-state index is -1.01. The molecule has 6 heteroatoms. The van der Waals surface area contributed by atoms with Gasteiger partial charge in [0.2, 0.25) is 0 Å². The number of nitrogens with one attached hydrogen (secondary N) is 1. The van der Waals surface area contributed by atoms with E-state index in [9.17, 15) is 4.79 Å². The van der Waals surface area contributed by atoms with Crippen molar-refractivity contribution in [3.63, 3.8) is 0 Å². The van der Waals surface area contributed by atoms with E-state index in [1.165, 1.54) is 0 Å². The van der Waals surface area contributed by atoms with Crippen molar-refractivity contribution in [3.05, 3.63) is 51.5 Å². The molecule has 2 aromatic rings. The molecule has 0 radical (unpaired) electrons. The number of carbonyl (C=O) groups excluding carboxylic acids is 1. The summed E-state index contributed by atoms with van der Waals surface area (Å²) in [4.78, 5) is 16.4. The molecule has 0 spiro atoms. The van der Waals surface area contributed by atoms with E-state index in [2.05, 4.69) is 42.2 Å². The molecule has 0 atom stereocenters. The van der Waals surface area contributed by atoms with Crippen LogP contribution < -0.4 is 10.1 Å². The van der Waals surface area contributed by atoms with Crippen molar-refractivity contribution in [1.29, 1.82) is 0 Å². The first-order valence-electron chi connectivity index (χ1n) is 6.24. The number of ether oxygens (including phenoxy) is 1. The predicted molar refractivity (Wildman–Crippen MR) is 89.4 cm³/mol. The molecule has 110 valence electrons. The molecule has 0 aliphatic heterocycles. The van der Waals surface area contributed by atoms with Crippen LogP contribution in [0.15, 0.2) is 51.5 Å². The summed E-state index contributed by atoms with van der Waals surface area (Å²) in [6.45, 7) is 3.42. The number of pyridine rings is 1. The summed E-state index contributed by atoms with van der Waals surface area (Å²) in [6, 6.07) is 10.9. The van der Waals surface area contributed by atoms with E-state index in [0.29, 0.717) is 11.6 Å². The second kappa shape index (κ2) is 6.58. The van der Waals surface area contributed by atoms with Gasteiger partial charge >= 0.3 is 0 Å². The highest BCUT2D eigenvalue weighted by Crippen LogP contribution is 2.22. The SMILES string of the molecule is CC(C)(Oc1ccc(Br)cc1)C(=O)Nc1ccc(Br)cn1. The third-order valence-electron chi connectivity index (χ3n) is 2.70. The molecule has 1 N–H and O–H groups in total. The van der Waals surface area contributed by atoms with Gasteiger partial charge in [-0.3, -0.25) is 4.79 Å². The third-order valence-corrected chi connectivity index (χ3v) is 3.70. The van der Waals surface area contributed by atoms with Gasteiger partial charge in [0.05, 0.1) is 0 Å². The van der Waals surface area contributed by atoms with Gasteiger partial charge in [0.1, 0.15) is 11.6 Å². The maximum absolute atomic E-state index is 12.3. The van der Waals surface area contributed by atoms with Crippen LogP contribution >= 0.6 is 31.9 Å². The molecule has 0 bridgehead atoms. The second-order valence-electron chi connectivity index (χ2n) is 4.88. The van der Waals surface area contributed by atoms with E-state index >= 15 is 0 Å². The van der Waals surface area contributed by atoms with Crippen LogP contribution in [0, 0.1) is 0 Å². The Morgan fingerprint density at radius 2 is 1.71 bits per heavy atom. The van der Waals surface area contributed by atoms with Gasteiger partial charge in [-0.15, -0.1) is 0 Å². The molecule has 21 heavy (non-hydrogen) atoms. The van der Waals surface area contributed by atoms with Gasteiger partial charge in [0.15, 0.2) is 5.60 Å². The zero-order valence-electron chi connectivity index (χ0n) is 11.6. The average molecular weight is 414 g/mol. The van der Waals surface area contributed by atoms with Crippen molar-refractivity contribution in [2.24, 2.45) is 0 Å². The number of halogens is 2. The van der Waals surface area contributed by atoms with E-state index in [0.717, 1.165) is 8.95 Å². The van der Waals surface area contributed by atoms with Crippen LogP contribution in [-0.4, -0.2) is 16.5 Å². The number of anilines is 1. The molecule has 1 heterocycles. The van der Waals surface area contributed by atoms with Crippen LogP contribution in [0.3, 0.4) is 0 Å². The number of benzene rings is 1. The molecule has 0 saturated carbocycles. The molecule has 1 aromatic heterocycles. The van der Waals surface area contributed by atoms with Gasteiger partial charge in [0.25, 0.3) is 5.91 Å². The van der Waals surface area contributed by atoms with E-state index in [1.807, 2.05) is 18.2 Å². The topological polar surface area (TPSA) is 51.2 Å². The summed E-state index contributed by atoms with van der Waals surface area (Å²) in [5.74, 6) is 0.845. The summed E-state index contributed by atoms with van der Waals surface area (Å²) < 4.78 is 7.55. The first kappa shape index (κ1) is 16.0. The molecule has 4 nitrogen and oxygen atoms in total. The van der Waals surface area contributed by atoms with Crippen LogP contribution in [0.4, 0.5) is 5.82 Å². The Morgan fingerprint density at radius 1 is 1.10 bits per heavy atom. The fourth-order valence-corrected chi connectivity index (χ4v) is 2.06. The number of carbonyl (C=O) groups is 1. The maximum Gasteiger partial charge on any atom is 0.269 e. The maximum atomic E-state index is 12.3. The van der Waals surface area contributed by atoms with Crippen LogP contribution in [0.2, 0.25) is 0 Å². The van der Waals surface area contributed by atoms with E-state index in [4.69, 9.17) is 4.74 Å². The lowest BCUT2D eigenvalue weighted by molar-refractivity contribution is -0.128. The largest absolute Gasteiger partial charge is 0.478 e. The number of hydrogen-bond acceptors (Lipinski definition) is 3. The van der Waals surface area contributed by atoms with Crippen molar-refractivity contribution in [1.82, 2.24) is 4.98 Å². The van der Waals surface area contributed by atoms with Gasteiger partial charge in [-0.2, -0.15) is 0 Å². The molecule has 1 aromatic carbocycles. The molecular formula is C15H14Br2N2O2. The minimum Gasteiger partial charge on any atom is -0.478 e. The number of amides is 1. The van der Waals surface area contributed by atoms with Gasteiger partial charge < -0.3 is 10.1 Å². The van der Waals surface area contributed by atoms with Gasteiger partial charge in [-0.1, -0.05) is 15.9 Å². The Balaban J connectivity index is 2.05. The zero-order chi connectivity index (χ0) is 15.5. The lowest BCUT2D eigenvalue weighted by atomic mass is 10.1. The number of aromatic nitrogens is 1. The van der Waals surface area contributed by atoms with Crippen LogP contribution in [-0.2, 0) is 4.79 Å². The zero-order valence-corrected chi connectivity index (χ0v) is 14.7. The molecule has 0 saturated heterocycles. The number of nitrogens with zero attached hydrogens (tertiary/aromatic N) is 1. The van der Waals surface area contributed by atoms with Crippen molar-refractivity contribution in [2.45, 2.75) is 19.4 Å². The normalized spacial score (nSPS) is 11.0. The molecular weight excluding hydrogens is 400 g/mol. The van der Waals surface area contributed by atoms with E-state index in [1.54, 1.807) is 38.2 Å². The van der Waals surface area contributed by atoms with Gasteiger partial charge in [0, 0.05) is 15.1 Å². The Bertz CT molecular complexity index is 625. The molecule has 0 aliphatic rings. The summed E-state index contributed by atoms with van der Waals surface area (Å²) >= 11 is 6.65. The lowest BCUT2D eigenvalue weighted by Gasteiger charge is -2.25. The van der Waals surface area contributed by atoms with Crippen molar-refractivity contribution in [3.8, 4) is 5.75 Å². The van der Waals surface area contributed by atoms with E-state index < -0.39 is 5.60 Å². The number of rotatable bonds is 4. The van der Waals surface area contributed by atoms with Crippen molar-refractivity contribution in [2.75, 3.05) is 5.32 Å². The fraction of sp³-hybridized carbons (Fsp3) is 0.200. The van der Waals surface area contributed by atoms with Crippen molar-refractivity contribution >= 4 is 43.6 Å². The Hall–Kier alpha value is -1.40. The Morgan fingerprint density at radius 3 is 2.29 bits per heavy atom. The molecule has 0 aliphatic carbocycles.